The molecule has 0 radical (unpaired) electrons. The molecule has 1 heterocycles. The summed E-state index contributed by atoms with van der Waals surface area (Å²) in [5.41, 5.74) is 9.43. The van der Waals surface area contributed by atoms with Crippen LogP contribution in [-0.2, 0) is 17.8 Å². The van der Waals surface area contributed by atoms with Gasteiger partial charge in [0.1, 0.15) is 0 Å². The largest absolute Gasteiger partial charge is 0.365 e. The Balaban J connectivity index is 1.94. The molecule has 1 aliphatic rings. The van der Waals surface area contributed by atoms with Crippen molar-refractivity contribution in [3.8, 4) is 0 Å². The smallest absolute Gasteiger partial charge is 0.155 e. The molecule has 0 saturated heterocycles. The summed E-state index contributed by atoms with van der Waals surface area (Å²) >= 11 is 0. The number of nitrogens with two attached hydrogens (primary N) is 1. The van der Waals surface area contributed by atoms with Crippen molar-refractivity contribution in [3.63, 3.8) is 0 Å². The van der Waals surface area contributed by atoms with Crippen LogP contribution in [0.3, 0.4) is 0 Å². The number of nitrogens with zero attached hydrogens (tertiary/aromatic N) is 1. The first kappa shape index (κ1) is 12.9. The summed E-state index contributed by atoms with van der Waals surface area (Å²) in [6.07, 6.45) is 0.433. The molecule has 2 aromatic rings. The lowest BCUT2D eigenvalue weighted by Gasteiger charge is -2.26. The van der Waals surface area contributed by atoms with Crippen LogP contribution in [0.2, 0.25) is 0 Å². The van der Waals surface area contributed by atoms with E-state index in [9.17, 15) is 4.79 Å². The second-order valence-corrected chi connectivity index (χ2v) is 5.24. The van der Waals surface area contributed by atoms with Gasteiger partial charge in [-0.15, -0.1) is 0 Å². The molecule has 1 atom stereocenters. The van der Waals surface area contributed by atoms with Gasteiger partial charge in [-0.25, -0.2) is 0 Å². The van der Waals surface area contributed by atoms with Crippen LogP contribution in [0.15, 0.2) is 54.6 Å². The van der Waals surface area contributed by atoms with E-state index in [2.05, 4.69) is 23.1 Å². The van der Waals surface area contributed by atoms with E-state index in [1.165, 1.54) is 5.56 Å². The van der Waals surface area contributed by atoms with E-state index in [4.69, 9.17) is 5.73 Å². The van der Waals surface area contributed by atoms with E-state index in [1.54, 1.807) is 0 Å². The number of rotatable bonds is 2. The summed E-state index contributed by atoms with van der Waals surface area (Å²) in [6.45, 7) is 1.35. The molecular weight excluding hydrogens is 248 g/mol. The fourth-order valence-electron chi connectivity index (χ4n) is 2.68. The Hall–Kier alpha value is -2.13. The van der Waals surface area contributed by atoms with Crippen LogP contribution in [0, 0.1) is 0 Å². The molecule has 1 aliphatic heterocycles. The van der Waals surface area contributed by atoms with Crippen molar-refractivity contribution >= 4 is 11.5 Å². The van der Waals surface area contributed by atoms with Crippen LogP contribution >= 0.6 is 0 Å². The Kier molecular flexibility index (Phi) is 3.52. The highest BCUT2D eigenvalue weighted by Crippen LogP contribution is 2.26. The van der Waals surface area contributed by atoms with Crippen LogP contribution in [0.5, 0.6) is 0 Å². The van der Waals surface area contributed by atoms with E-state index >= 15 is 0 Å². The number of anilines is 1. The molecule has 3 heteroatoms. The molecule has 2 N–H and O–H groups in total. The second-order valence-electron chi connectivity index (χ2n) is 5.24. The lowest BCUT2D eigenvalue weighted by molar-refractivity contribution is -0.119. The molecule has 3 rings (SSSR count). The van der Waals surface area contributed by atoms with Crippen molar-refractivity contribution in [2.45, 2.75) is 19.0 Å². The minimum absolute atomic E-state index is 0.119. The van der Waals surface area contributed by atoms with Crippen molar-refractivity contribution in [2.24, 2.45) is 5.73 Å². The average molecular weight is 266 g/mol. The van der Waals surface area contributed by atoms with E-state index in [0.717, 1.165) is 17.8 Å². The third kappa shape index (κ3) is 2.58. The van der Waals surface area contributed by atoms with Gasteiger partial charge in [-0.3, -0.25) is 4.79 Å². The standard InChI is InChI=1S/C17H18N2O/c18-15-12-19(11-13-6-2-1-3-7-13)16-9-5-4-8-14(16)10-17(15)20/h1-9,15H,10-12,18H2/t15-/m0/s1. The maximum Gasteiger partial charge on any atom is 0.155 e. The summed E-state index contributed by atoms with van der Waals surface area (Å²) in [5.74, 6) is 0.119. The molecule has 20 heavy (non-hydrogen) atoms. The number of carbonyl (C=O) groups is 1. The first-order valence-electron chi connectivity index (χ1n) is 6.89. The van der Waals surface area contributed by atoms with Crippen molar-refractivity contribution in [2.75, 3.05) is 11.4 Å². The molecule has 0 aliphatic carbocycles. The summed E-state index contributed by atoms with van der Waals surface area (Å²) in [5, 5.41) is 0. The fraction of sp³-hybridized carbons (Fsp3) is 0.235. The van der Waals surface area contributed by atoms with E-state index in [1.807, 2.05) is 36.4 Å². The summed E-state index contributed by atoms with van der Waals surface area (Å²) in [6, 6.07) is 17.9. The van der Waals surface area contributed by atoms with Crippen molar-refractivity contribution in [1.82, 2.24) is 0 Å². The van der Waals surface area contributed by atoms with Crippen LogP contribution in [0.4, 0.5) is 5.69 Å². The number of ketones is 1. The van der Waals surface area contributed by atoms with Gasteiger partial charge < -0.3 is 10.6 Å². The van der Waals surface area contributed by atoms with Gasteiger partial charge in [0.15, 0.2) is 5.78 Å². The maximum absolute atomic E-state index is 12.0. The Morgan fingerprint density at radius 3 is 2.55 bits per heavy atom. The third-order valence-electron chi connectivity index (χ3n) is 3.74. The normalized spacial score (nSPS) is 18.6. The van der Waals surface area contributed by atoms with Gasteiger partial charge in [0.2, 0.25) is 0 Å². The fourth-order valence-corrected chi connectivity index (χ4v) is 2.68. The molecule has 0 spiro atoms. The van der Waals surface area contributed by atoms with Crippen molar-refractivity contribution < 1.29 is 4.79 Å². The Morgan fingerprint density at radius 1 is 1.05 bits per heavy atom. The monoisotopic (exact) mass is 266 g/mol. The molecular formula is C17H18N2O. The molecule has 0 aromatic heterocycles. The van der Waals surface area contributed by atoms with Gasteiger partial charge in [-0.1, -0.05) is 48.5 Å². The lowest BCUT2D eigenvalue weighted by atomic mass is 10.1. The highest BCUT2D eigenvalue weighted by atomic mass is 16.1. The van der Waals surface area contributed by atoms with Crippen molar-refractivity contribution in [3.05, 3.63) is 65.7 Å². The lowest BCUT2D eigenvalue weighted by Crippen LogP contribution is -2.41. The van der Waals surface area contributed by atoms with Gasteiger partial charge in [0.25, 0.3) is 0 Å². The van der Waals surface area contributed by atoms with Gasteiger partial charge in [0, 0.05) is 25.2 Å². The van der Waals surface area contributed by atoms with E-state index in [0.29, 0.717) is 13.0 Å². The van der Waals surface area contributed by atoms with Crippen LogP contribution in [-0.4, -0.2) is 18.4 Å². The van der Waals surface area contributed by atoms with Crippen LogP contribution < -0.4 is 10.6 Å². The first-order valence-corrected chi connectivity index (χ1v) is 6.89. The predicted molar refractivity (Wildman–Crippen MR) is 80.6 cm³/mol. The average Bonchev–Trinajstić information content (AvgIpc) is 2.58. The zero-order valence-electron chi connectivity index (χ0n) is 11.3. The minimum atomic E-state index is -0.411. The van der Waals surface area contributed by atoms with Gasteiger partial charge in [-0.2, -0.15) is 0 Å². The maximum atomic E-state index is 12.0. The number of hydrogen-bond acceptors (Lipinski definition) is 3. The number of para-hydroxylation sites is 1. The SMILES string of the molecule is N[C@H]1CN(Cc2ccccc2)c2ccccc2CC1=O. The highest BCUT2D eigenvalue weighted by molar-refractivity contribution is 5.89. The van der Waals surface area contributed by atoms with Crippen molar-refractivity contribution in [1.29, 1.82) is 0 Å². The highest BCUT2D eigenvalue weighted by Gasteiger charge is 2.25. The number of Topliss-reactive ketones (excluding diaryl/α,β-unsaturated/α-hetero) is 1. The Bertz CT molecular complexity index is 609. The zero-order valence-corrected chi connectivity index (χ0v) is 11.3. The number of fused-ring (bicyclic) bond motifs is 1. The van der Waals surface area contributed by atoms with E-state index in [-0.39, 0.29) is 5.78 Å². The number of benzene rings is 2. The second kappa shape index (κ2) is 5.47. The summed E-state index contributed by atoms with van der Waals surface area (Å²) < 4.78 is 0. The molecule has 2 aromatic carbocycles. The topological polar surface area (TPSA) is 46.3 Å². The minimum Gasteiger partial charge on any atom is -0.365 e. The van der Waals surface area contributed by atoms with Crippen LogP contribution in [0.1, 0.15) is 11.1 Å². The Morgan fingerprint density at radius 2 is 1.75 bits per heavy atom. The molecule has 0 unspecified atom stereocenters. The van der Waals surface area contributed by atoms with E-state index < -0.39 is 6.04 Å². The number of hydrogen-bond donors (Lipinski definition) is 1. The molecule has 3 nitrogen and oxygen atoms in total. The number of carbonyl (C=O) groups excluding carboxylic acids is 1. The van der Waals surface area contributed by atoms with Gasteiger partial charge in [-0.05, 0) is 17.2 Å². The Labute approximate surface area is 119 Å². The first-order chi connectivity index (χ1) is 9.74. The van der Waals surface area contributed by atoms with Gasteiger partial charge in [0.05, 0.1) is 6.04 Å². The predicted octanol–water partition coefficient (Wildman–Crippen LogP) is 2.15. The third-order valence-corrected chi connectivity index (χ3v) is 3.74. The molecule has 102 valence electrons. The zero-order chi connectivity index (χ0) is 13.9. The summed E-state index contributed by atoms with van der Waals surface area (Å²) in [4.78, 5) is 14.2. The quantitative estimate of drug-likeness (QED) is 0.906. The molecule has 0 fully saturated rings. The summed E-state index contributed by atoms with van der Waals surface area (Å²) in [7, 11) is 0. The van der Waals surface area contributed by atoms with Gasteiger partial charge >= 0.3 is 0 Å². The molecule has 0 bridgehead atoms. The molecule has 0 amide bonds. The molecule has 0 saturated carbocycles. The van der Waals surface area contributed by atoms with Crippen LogP contribution in [0.25, 0.3) is 0 Å².